The lowest BCUT2D eigenvalue weighted by Crippen LogP contribution is -2.30. The third kappa shape index (κ3) is 4.42. The number of unbranched alkanes of at least 4 members (excludes halogenated alkanes) is 3. The molecule has 0 saturated carbocycles. The molecule has 0 spiro atoms. The van der Waals surface area contributed by atoms with Crippen molar-refractivity contribution in [1.29, 1.82) is 0 Å². The second-order valence-corrected chi connectivity index (χ2v) is 7.83. The van der Waals surface area contributed by atoms with E-state index in [0.29, 0.717) is 12.1 Å². The zero-order chi connectivity index (χ0) is 21.0. The summed E-state index contributed by atoms with van der Waals surface area (Å²) in [6, 6.07) is 14.6. The van der Waals surface area contributed by atoms with Gasteiger partial charge < -0.3 is 10.0 Å². The Balaban J connectivity index is 2.05. The highest BCUT2D eigenvalue weighted by molar-refractivity contribution is 6.46. The van der Waals surface area contributed by atoms with E-state index in [-0.39, 0.29) is 11.3 Å². The first-order valence-electron chi connectivity index (χ1n) is 10.4. The van der Waals surface area contributed by atoms with E-state index in [9.17, 15) is 14.7 Å². The van der Waals surface area contributed by atoms with Crippen LogP contribution in [-0.4, -0.2) is 28.2 Å². The molecular weight excluding hydrogens is 362 g/mol. The lowest BCUT2D eigenvalue weighted by molar-refractivity contribution is -0.139. The molecule has 0 aliphatic carbocycles. The van der Waals surface area contributed by atoms with E-state index in [1.165, 1.54) is 0 Å². The highest BCUT2D eigenvalue weighted by atomic mass is 16.3. The number of carbonyl (C=O) groups is 2. The Hall–Kier alpha value is -2.88. The van der Waals surface area contributed by atoms with E-state index in [1.807, 2.05) is 50.2 Å². The summed E-state index contributed by atoms with van der Waals surface area (Å²) in [5, 5.41) is 11.0. The zero-order valence-corrected chi connectivity index (χ0v) is 17.4. The number of hydrogen-bond acceptors (Lipinski definition) is 3. The Kier molecular flexibility index (Phi) is 6.53. The Morgan fingerprint density at radius 3 is 2.07 bits per heavy atom. The van der Waals surface area contributed by atoms with E-state index in [4.69, 9.17) is 0 Å². The smallest absolute Gasteiger partial charge is 0.295 e. The number of aliphatic hydroxyl groups is 1. The van der Waals surface area contributed by atoms with E-state index in [0.717, 1.165) is 42.4 Å². The molecule has 152 valence electrons. The van der Waals surface area contributed by atoms with Gasteiger partial charge in [-0.1, -0.05) is 85.8 Å². The van der Waals surface area contributed by atoms with Crippen molar-refractivity contribution in [2.75, 3.05) is 6.54 Å². The molecule has 4 nitrogen and oxygen atoms in total. The molecule has 3 rings (SSSR count). The van der Waals surface area contributed by atoms with Crippen LogP contribution in [-0.2, 0) is 9.59 Å². The molecule has 1 heterocycles. The van der Waals surface area contributed by atoms with Crippen LogP contribution >= 0.6 is 0 Å². The van der Waals surface area contributed by atoms with Gasteiger partial charge in [-0.25, -0.2) is 0 Å². The lowest BCUT2D eigenvalue weighted by Gasteiger charge is -2.25. The maximum Gasteiger partial charge on any atom is 0.295 e. The van der Waals surface area contributed by atoms with Crippen molar-refractivity contribution >= 4 is 17.4 Å². The SMILES string of the molecule is CCCCCCN1C(=O)C(=O)C(=C(O)c2ccc(C)cc2)C1c1ccc(C)cc1. The number of rotatable bonds is 7. The van der Waals surface area contributed by atoms with Crippen LogP contribution in [0.3, 0.4) is 0 Å². The van der Waals surface area contributed by atoms with Crippen LogP contribution in [0.2, 0.25) is 0 Å². The van der Waals surface area contributed by atoms with Gasteiger partial charge in [-0.2, -0.15) is 0 Å². The number of carbonyl (C=O) groups excluding carboxylic acids is 2. The number of aryl methyl sites for hydroxylation is 2. The van der Waals surface area contributed by atoms with E-state index < -0.39 is 17.7 Å². The summed E-state index contributed by atoms with van der Waals surface area (Å²) >= 11 is 0. The standard InChI is InChI=1S/C25H29NO3/c1-4-5-6-7-16-26-22(19-12-8-17(2)9-13-19)21(24(28)25(26)29)23(27)20-14-10-18(3)11-15-20/h8-15,22,27H,4-7,16H2,1-3H3. The Labute approximate surface area is 172 Å². The number of aliphatic hydroxyl groups excluding tert-OH is 1. The molecule has 1 fully saturated rings. The average molecular weight is 392 g/mol. The topological polar surface area (TPSA) is 57.6 Å². The van der Waals surface area contributed by atoms with E-state index in [2.05, 4.69) is 6.92 Å². The summed E-state index contributed by atoms with van der Waals surface area (Å²) in [4.78, 5) is 27.4. The first-order valence-corrected chi connectivity index (χ1v) is 10.4. The lowest BCUT2D eigenvalue weighted by atomic mass is 9.94. The summed E-state index contributed by atoms with van der Waals surface area (Å²) in [5.41, 5.74) is 3.74. The molecule has 2 aromatic carbocycles. The van der Waals surface area contributed by atoms with Gasteiger partial charge in [-0.3, -0.25) is 9.59 Å². The zero-order valence-electron chi connectivity index (χ0n) is 17.4. The van der Waals surface area contributed by atoms with Crippen LogP contribution < -0.4 is 0 Å². The van der Waals surface area contributed by atoms with Crippen molar-refractivity contribution in [3.8, 4) is 0 Å². The minimum atomic E-state index is -0.607. The van der Waals surface area contributed by atoms with Gasteiger partial charge in [0.1, 0.15) is 5.76 Å². The number of amides is 1. The van der Waals surface area contributed by atoms with Crippen molar-refractivity contribution in [3.05, 3.63) is 76.4 Å². The number of hydrogen-bond donors (Lipinski definition) is 1. The predicted octanol–water partition coefficient (Wildman–Crippen LogP) is 5.31. The Bertz CT molecular complexity index is 910. The van der Waals surface area contributed by atoms with Crippen LogP contribution in [0.25, 0.3) is 5.76 Å². The summed E-state index contributed by atoms with van der Waals surface area (Å²) in [7, 11) is 0. The average Bonchev–Trinajstić information content (AvgIpc) is 2.96. The second kappa shape index (κ2) is 9.08. The molecule has 29 heavy (non-hydrogen) atoms. The maximum absolute atomic E-state index is 12.9. The maximum atomic E-state index is 12.9. The molecule has 1 atom stereocenters. The molecule has 1 unspecified atom stereocenters. The van der Waals surface area contributed by atoms with E-state index in [1.54, 1.807) is 17.0 Å². The molecule has 2 aromatic rings. The fraction of sp³-hybridized carbons (Fsp3) is 0.360. The van der Waals surface area contributed by atoms with Gasteiger partial charge in [-0.15, -0.1) is 0 Å². The van der Waals surface area contributed by atoms with Crippen LogP contribution in [0.4, 0.5) is 0 Å². The van der Waals surface area contributed by atoms with Gasteiger partial charge in [0.15, 0.2) is 0 Å². The van der Waals surface area contributed by atoms with Gasteiger partial charge in [0.25, 0.3) is 11.7 Å². The molecule has 1 aliphatic heterocycles. The summed E-state index contributed by atoms with van der Waals surface area (Å²) in [5.74, 6) is -1.24. The van der Waals surface area contributed by atoms with Crippen LogP contribution in [0.1, 0.15) is 60.9 Å². The molecule has 1 amide bonds. The van der Waals surface area contributed by atoms with Crippen LogP contribution in [0, 0.1) is 13.8 Å². The minimum Gasteiger partial charge on any atom is -0.507 e. The molecular formula is C25H29NO3. The molecule has 4 heteroatoms. The van der Waals surface area contributed by atoms with Crippen molar-refractivity contribution in [3.63, 3.8) is 0 Å². The summed E-state index contributed by atoms with van der Waals surface area (Å²) < 4.78 is 0. The molecule has 1 N–H and O–H groups in total. The highest BCUT2D eigenvalue weighted by Crippen LogP contribution is 2.39. The fourth-order valence-electron chi connectivity index (χ4n) is 3.78. The van der Waals surface area contributed by atoms with Gasteiger partial charge in [0.05, 0.1) is 11.6 Å². The summed E-state index contributed by atoms with van der Waals surface area (Å²) in [6.45, 7) is 6.61. The van der Waals surface area contributed by atoms with Gasteiger partial charge >= 0.3 is 0 Å². The van der Waals surface area contributed by atoms with E-state index >= 15 is 0 Å². The third-order valence-electron chi connectivity index (χ3n) is 5.51. The minimum absolute atomic E-state index is 0.106. The molecule has 1 aliphatic rings. The van der Waals surface area contributed by atoms with Gasteiger partial charge in [0.2, 0.25) is 0 Å². The first kappa shape index (κ1) is 20.8. The molecule has 0 radical (unpaired) electrons. The number of benzene rings is 2. The Morgan fingerprint density at radius 2 is 1.48 bits per heavy atom. The summed E-state index contributed by atoms with van der Waals surface area (Å²) in [6.07, 6.45) is 4.06. The van der Waals surface area contributed by atoms with Crippen molar-refractivity contribution in [2.45, 2.75) is 52.5 Å². The third-order valence-corrected chi connectivity index (χ3v) is 5.51. The number of likely N-dealkylation sites (tertiary alicyclic amines) is 1. The van der Waals surface area contributed by atoms with Crippen molar-refractivity contribution < 1.29 is 14.7 Å². The van der Waals surface area contributed by atoms with Crippen LogP contribution in [0.15, 0.2) is 54.1 Å². The quantitative estimate of drug-likeness (QED) is 0.301. The van der Waals surface area contributed by atoms with Gasteiger partial charge in [-0.05, 0) is 25.8 Å². The number of Topliss-reactive ketones (excluding diaryl/α,β-unsaturated/α-hetero) is 1. The largest absolute Gasteiger partial charge is 0.507 e. The monoisotopic (exact) mass is 391 g/mol. The normalized spacial score (nSPS) is 18.4. The highest BCUT2D eigenvalue weighted by Gasteiger charge is 2.45. The Morgan fingerprint density at radius 1 is 0.897 bits per heavy atom. The number of nitrogens with zero attached hydrogens (tertiary/aromatic N) is 1. The fourth-order valence-corrected chi connectivity index (χ4v) is 3.78. The second-order valence-electron chi connectivity index (χ2n) is 7.83. The van der Waals surface area contributed by atoms with Crippen LogP contribution in [0.5, 0.6) is 0 Å². The number of ketones is 1. The molecule has 0 aromatic heterocycles. The first-order chi connectivity index (χ1) is 13.9. The molecule has 1 saturated heterocycles. The van der Waals surface area contributed by atoms with Gasteiger partial charge in [0, 0.05) is 12.1 Å². The predicted molar refractivity (Wildman–Crippen MR) is 116 cm³/mol. The van der Waals surface area contributed by atoms with Crippen molar-refractivity contribution in [1.82, 2.24) is 4.90 Å². The van der Waals surface area contributed by atoms with Crippen molar-refractivity contribution in [2.24, 2.45) is 0 Å². The molecule has 0 bridgehead atoms.